The first kappa shape index (κ1) is 14.0. The Morgan fingerprint density at radius 2 is 1.85 bits per heavy atom. The first-order valence-corrected chi connectivity index (χ1v) is 6.14. The van der Waals surface area contributed by atoms with Crippen LogP contribution in [-0.2, 0) is 11.2 Å². The second kappa shape index (κ2) is 6.68. The third-order valence-corrected chi connectivity index (χ3v) is 2.71. The monoisotopic (exact) mass is 273 g/mol. The van der Waals surface area contributed by atoms with Gasteiger partial charge < -0.3 is 14.6 Å². The van der Waals surface area contributed by atoms with E-state index in [-0.39, 0.29) is 5.69 Å². The molecule has 0 aliphatic carbocycles. The lowest BCUT2D eigenvalue weighted by Crippen LogP contribution is -1.99. The molecular formula is C15H15NO4. The van der Waals surface area contributed by atoms with Gasteiger partial charge >= 0.3 is 5.97 Å². The van der Waals surface area contributed by atoms with E-state index in [0.29, 0.717) is 18.1 Å². The number of hydrogen-bond acceptors (Lipinski definition) is 4. The van der Waals surface area contributed by atoms with Gasteiger partial charge in [-0.1, -0.05) is 12.1 Å². The van der Waals surface area contributed by atoms with Gasteiger partial charge in [-0.25, -0.2) is 9.78 Å². The minimum atomic E-state index is -1.06. The van der Waals surface area contributed by atoms with Gasteiger partial charge in [0.15, 0.2) is 0 Å². The number of carboxylic acids is 1. The quantitative estimate of drug-likeness (QED) is 0.876. The van der Waals surface area contributed by atoms with E-state index < -0.39 is 5.97 Å². The first-order chi connectivity index (χ1) is 9.69. The van der Waals surface area contributed by atoms with Crippen LogP contribution in [-0.4, -0.2) is 29.8 Å². The van der Waals surface area contributed by atoms with E-state index in [9.17, 15) is 4.79 Å². The molecule has 1 heterocycles. The van der Waals surface area contributed by atoms with E-state index in [1.165, 1.54) is 17.8 Å². The Balaban J connectivity index is 2.00. The minimum Gasteiger partial charge on any atom is -0.477 e. The van der Waals surface area contributed by atoms with Crippen LogP contribution in [0.3, 0.4) is 0 Å². The lowest BCUT2D eigenvalue weighted by Gasteiger charge is -2.06. The van der Waals surface area contributed by atoms with Crippen molar-refractivity contribution >= 4 is 5.97 Å². The molecule has 0 aliphatic heterocycles. The third-order valence-electron chi connectivity index (χ3n) is 2.71. The molecule has 1 N–H and O–H groups in total. The van der Waals surface area contributed by atoms with Crippen molar-refractivity contribution in [3.63, 3.8) is 0 Å². The highest BCUT2D eigenvalue weighted by molar-refractivity contribution is 5.85. The number of pyridine rings is 1. The van der Waals surface area contributed by atoms with Crippen LogP contribution in [0.15, 0.2) is 42.6 Å². The average Bonchev–Trinajstić information content (AvgIpc) is 2.47. The Morgan fingerprint density at radius 3 is 2.40 bits per heavy atom. The molecule has 1 aromatic carbocycles. The standard InChI is InChI=1S/C15H15NO4/c1-19-9-8-11-2-4-12(5-3-11)20-13-6-7-14(15(17)18)16-10-13/h2-7,10H,8-9H2,1H3,(H,17,18). The lowest BCUT2D eigenvalue weighted by molar-refractivity contribution is 0.0690. The van der Waals surface area contributed by atoms with Crippen molar-refractivity contribution in [1.82, 2.24) is 4.98 Å². The van der Waals surface area contributed by atoms with Crippen LogP contribution in [0.5, 0.6) is 11.5 Å². The molecule has 104 valence electrons. The van der Waals surface area contributed by atoms with Crippen molar-refractivity contribution in [3.8, 4) is 11.5 Å². The summed E-state index contributed by atoms with van der Waals surface area (Å²) in [5.41, 5.74) is 1.16. The number of aromatic nitrogens is 1. The van der Waals surface area contributed by atoms with Crippen molar-refractivity contribution in [2.45, 2.75) is 6.42 Å². The van der Waals surface area contributed by atoms with Gasteiger partial charge in [0.1, 0.15) is 17.2 Å². The molecule has 0 saturated carbocycles. The van der Waals surface area contributed by atoms with E-state index in [0.717, 1.165) is 6.42 Å². The second-order valence-electron chi connectivity index (χ2n) is 4.17. The van der Waals surface area contributed by atoms with Gasteiger partial charge in [0, 0.05) is 7.11 Å². The summed E-state index contributed by atoms with van der Waals surface area (Å²) >= 11 is 0. The number of nitrogens with zero attached hydrogens (tertiary/aromatic N) is 1. The summed E-state index contributed by atoms with van der Waals surface area (Å²) in [5, 5.41) is 8.75. The zero-order chi connectivity index (χ0) is 14.4. The van der Waals surface area contributed by atoms with Gasteiger partial charge in [-0.2, -0.15) is 0 Å². The maximum absolute atomic E-state index is 10.7. The second-order valence-corrected chi connectivity index (χ2v) is 4.17. The van der Waals surface area contributed by atoms with E-state index in [2.05, 4.69) is 4.98 Å². The van der Waals surface area contributed by atoms with Crippen LogP contribution in [0.4, 0.5) is 0 Å². The normalized spacial score (nSPS) is 10.2. The molecule has 0 atom stereocenters. The summed E-state index contributed by atoms with van der Waals surface area (Å²) in [6.45, 7) is 0.681. The van der Waals surface area contributed by atoms with E-state index in [1.54, 1.807) is 13.2 Å². The van der Waals surface area contributed by atoms with E-state index in [1.807, 2.05) is 24.3 Å². The number of carboxylic acid groups (broad SMARTS) is 1. The van der Waals surface area contributed by atoms with E-state index in [4.69, 9.17) is 14.6 Å². The van der Waals surface area contributed by atoms with Gasteiger partial charge in [0.25, 0.3) is 0 Å². The number of rotatable bonds is 6. The summed E-state index contributed by atoms with van der Waals surface area (Å²) in [5.74, 6) is 0.120. The molecule has 2 aromatic rings. The molecule has 0 saturated heterocycles. The highest BCUT2D eigenvalue weighted by Gasteiger charge is 2.04. The summed E-state index contributed by atoms with van der Waals surface area (Å²) in [7, 11) is 1.67. The van der Waals surface area contributed by atoms with Crippen molar-refractivity contribution in [1.29, 1.82) is 0 Å². The van der Waals surface area contributed by atoms with Gasteiger partial charge in [-0.3, -0.25) is 0 Å². The van der Waals surface area contributed by atoms with Gasteiger partial charge in [-0.05, 0) is 36.2 Å². The molecule has 0 unspecified atom stereocenters. The van der Waals surface area contributed by atoms with Gasteiger partial charge in [0.05, 0.1) is 12.8 Å². The van der Waals surface area contributed by atoms with Crippen LogP contribution >= 0.6 is 0 Å². The SMILES string of the molecule is COCCc1ccc(Oc2ccc(C(=O)O)nc2)cc1. The number of methoxy groups -OCH3 is 1. The molecule has 0 aliphatic rings. The van der Waals surface area contributed by atoms with Crippen LogP contribution < -0.4 is 4.74 Å². The fourth-order valence-corrected chi connectivity index (χ4v) is 1.65. The van der Waals surface area contributed by atoms with Crippen LogP contribution in [0.2, 0.25) is 0 Å². The highest BCUT2D eigenvalue weighted by Crippen LogP contribution is 2.21. The summed E-state index contributed by atoms with van der Waals surface area (Å²) in [4.78, 5) is 14.5. The summed E-state index contributed by atoms with van der Waals surface area (Å²) < 4.78 is 10.6. The highest BCUT2D eigenvalue weighted by atomic mass is 16.5. The molecule has 0 spiro atoms. The topological polar surface area (TPSA) is 68.7 Å². The van der Waals surface area contributed by atoms with E-state index >= 15 is 0 Å². The number of benzene rings is 1. The smallest absolute Gasteiger partial charge is 0.354 e. The molecule has 0 fully saturated rings. The summed E-state index contributed by atoms with van der Waals surface area (Å²) in [6, 6.07) is 10.6. The molecule has 0 radical (unpaired) electrons. The Kier molecular flexibility index (Phi) is 4.68. The average molecular weight is 273 g/mol. The molecule has 5 nitrogen and oxygen atoms in total. The molecule has 20 heavy (non-hydrogen) atoms. The zero-order valence-electron chi connectivity index (χ0n) is 11.1. The predicted octanol–water partition coefficient (Wildman–Crippen LogP) is 2.76. The molecule has 0 amide bonds. The fourth-order valence-electron chi connectivity index (χ4n) is 1.65. The fraction of sp³-hybridized carbons (Fsp3) is 0.200. The number of aromatic carboxylic acids is 1. The van der Waals surface area contributed by atoms with Crippen LogP contribution in [0, 0.1) is 0 Å². The zero-order valence-corrected chi connectivity index (χ0v) is 11.1. The largest absolute Gasteiger partial charge is 0.477 e. The van der Waals surface area contributed by atoms with Crippen molar-refractivity contribution in [3.05, 3.63) is 53.9 Å². The number of carbonyl (C=O) groups is 1. The first-order valence-electron chi connectivity index (χ1n) is 6.14. The maximum Gasteiger partial charge on any atom is 0.354 e. The third kappa shape index (κ3) is 3.80. The molecular weight excluding hydrogens is 258 g/mol. The molecule has 1 aromatic heterocycles. The Bertz CT molecular complexity index is 563. The Labute approximate surface area is 116 Å². The van der Waals surface area contributed by atoms with Crippen LogP contribution in [0.25, 0.3) is 0 Å². The summed E-state index contributed by atoms with van der Waals surface area (Å²) in [6.07, 6.45) is 2.24. The molecule has 2 rings (SSSR count). The van der Waals surface area contributed by atoms with Crippen molar-refractivity contribution < 1.29 is 19.4 Å². The Morgan fingerprint density at radius 1 is 1.15 bits per heavy atom. The van der Waals surface area contributed by atoms with Crippen molar-refractivity contribution in [2.75, 3.05) is 13.7 Å². The number of ether oxygens (including phenoxy) is 2. The van der Waals surface area contributed by atoms with Crippen molar-refractivity contribution in [2.24, 2.45) is 0 Å². The minimum absolute atomic E-state index is 0.00716. The maximum atomic E-state index is 10.7. The molecule has 5 heteroatoms. The van der Waals surface area contributed by atoms with Crippen LogP contribution in [0.1, 0.15) is 16.1 Å². The van der Waals surface area contributed by atoms with Gasteiger partial charge in [-0.15, -0.1) is 0 Å². The number of hydrogen-bond donors (Lipinski definition) is 1. The molecule has 0 bridgehead atoms. The van der Waals surface area contributed by atoms with Gasteiger partial charge in [0.2, 0.25) is 0 Å². The predicted molar refractivity (Wildman–Crippen MR) is 73.3 cm³/mol. The lowest BCUT2D eigenvalue weighted by atomic mass is 10.1. The Hall–Kier alpha value is -2.40.